The van der Waals surface area contributed by atoms with E-state index in [1.807, 2.05) is 60.8 Å². The van der Waals surface area contributed by atoms with Gasteiger partial charge in [-0.1, -0.05) is 61.7 Å². The lowest BCUT2D eigenvalue weighted by Gasteiger charge is -2.19. The number of fused-ring (bicyclic) bond motifs is 1. The summed E-state index contributed by atoms with van der Waals surface area (Å²) in [4.78, 5) is 32.3. The number of H-pyrrole nitrogens is 1. The normalized spacial score (nSPS) is 16.6. The molecule has 1 fully saturated rings. The number of nitro groups is 1. The van der Waals surface area contributed by atoms with Gasteiger partial charge in [-0.05, 0) is 36.6 Å². The van der Waals surface area contributed by atoms with E-state index >= 15 is 0 Å². The molecule has 6 rings (SSSR count). The van der Waals surface area contributed by atoms with Crippen LogP contribution in [0.3, 0.4) is 0 Å². The monoisotopic (exact) mass is 505 g/mol. The molecule has 0 spiro atoms. The topological polar surface area (TPSA) is 113 Å². The molecule has 2 aliphatic rings. The third kappa shape index (κ3) is 4.56. The predicted octanol–water partition coefficient (Wildman–Crippen LogP) is 6.97. The van der Waals surface area contributed by atoms with Gasteiger partial charge in [0.05, 0.1) is 21.9 Å². The molecule has 1 saturated carbocycles. The highest BCUT2D eigenvalue weighted by atomic mass is 16.6. The summed E-state index contributed by atoms with van der Waals surface area (Å²) in [6.45, 7) is 0. The van der Waals surface area contributed by atoms with Crippen molar-refractivity contribution in [1.29, 1.82) is 0 Å². The lowest BCUT2D eigenvalue weighted by molar-refractivity contribution is -0.384. The second-order valence-corrected chi connectivity index (χ2v) is 9.77. The molecule has 38 heavy (non-hydrogen) atoms. The van der Waals surface area contributed by atoms with Crippen LogP contribution in [0.5, 0.6) is 0 Å². The van der Waals surface area contributed by atoms with Crippen molar-refractivity contribution in [2.45, 2.75) is 38.0 Å². The molecule has 0 radical (unpaired) electrons. The van der Waals surface area contributed by atoms with E-state index < -0.39 is 4.92 Å². The second-order valence-electron chi connectivity index (χ2n) is 9.77. The summed E-state index contributed by atoms with van der Waals surface area (Å²) >= 11 is 0. The largest absolute Gasteiger partial charge is 0.354 e. The van der Waals surface area contributed by atoms with Gasteiger partial charge in [0.1, 0.15) is 5.82 Å². The van der Waals surface area contributed by atoms with Crippen LogP contribution >= 0.6 is 0 Å². The molecular weight excluding hydrogens is 478 g/mol. The molecule has 190 valence electrons. The number of nitrogens with zero attached hydrogens (tertiary/aromatic N) is 2. The number of aromatic nitrogens is 2. The first-order chi connectivity index (χ1) is 18.6. The molecule has 0 bridgehead atoms. The number of nitro benzene ring substituents is 1. The van der Waals surface area contributed by atoms with E-state index in [-0.39, 0.29) is 11.6 Å². The van der Waals surface area contributed by atoms with Crippen LogP contribution in [0.15, 0.2) is 79.0 Å². The van der Waals surface area contributed by atoms with Crippen molar-refractivity contribution in [3.8, 4) is 11.3 Å². The van der Waals surface area contributed by atoms with E-state index in [0.717, 1.165) is 28.3 Å². The van der Waals surface area contributed by atoms with E-state index in [9.17, 15) is 14.9 Å². The fourth-order valence-electron chi connectivity index (χ4n) is 5.34. The van der Waals surface area contributed by atoms with Crippen molar-refractivity contribution >= 4 is 34.2 Å². The highest BCUT2D eigenvalue weighted by Crippen LogP contribution is 2.39. The van der Waals surface area contributed by atoms with Gasteiger partial charge in [-0.3, -0.25) is 14.9 Å². The number of imidazole rings is 1. The second kappa shape index (κ2) is 9.97. The van der Waals surface area contributed by atoms with Crippen LogP contribution in [0, 0.1) is 10.1 Å². The summed E-state index contributed by atoms with van der Waals surface area (Å²) in [5.74, 6) is 1.27. The van der Waals surface area contributed by atoms with Gasteiger partial charge < -0.3 is 15.6 Å². The average Bonchev–Trinajstić information content (AvgIpc) is 3.57. The van der Waals surface area contributed by atoms with Crippen LogP contribution in [0.2, 0.25) is 0 Å². The standard InChI is InChI=1S/C30H27N5O3/c36-30-27(24-17-23(35(37)38)15-16-25(24)34-30)28(20-7-3-1-4-8-20)32-22-13-11-19(12-14-22)26-18-31-29(33-26)21-9-5-2-6-10-21/h1,3-4,7-8,11-18,21,32H,2,5-6,9-10H2,(H,31,33)(H,34,36). The van der Waals surface area contributed by atoms with Crippen molar-refractivity contribution in [3.05, 3.63) is 106 Å². The summed E-state index contributed by atoms with van der Waals surface area (Å²) in [5.41, 5.74) is 5.42. The minimum absolute atomic E-state index is 0.0684. The molecule has 3 N–H and O–H groups in total. The quantitative estimate of drug-likeness (QED) is 0.149. The maximum Gasteiger partial charge on any atom is 0.270 e. The Bertz CT molecular complexity index is 1530. The molecule has 8 heteroatoms. The molecule has 1 aliphatic carbocycles. The number of nitrogens with one attached hydrogen (secondary N) is 3. The molecular formula is C30H27N5O3. The zero-order valence-electron chi connectivity index (χ0n) is 20.7. The highest BCUT2D eigenvalue weighted by molar-refractivity contribution is 6.37. The van der Waals surface area contributed by atoms with Gasteiger partial charge in [-0.15, -0.1) is 0 Å². The van der Waals surface area contributed by atoms with Gasteiger partial charge in [0.25, 0.3) is 11.6 Å². The molecule has 2 heterocycles. The smallest absolute Gasteiger partial charge is 0.270 e. The summed E-state index contributed by atoms with van der Waals surface area (Å²) in [6, 6.07) is 21.8. The van der Waals surface area contributed by atoms with E-state index in [1.165, 1.54) is 44.2 Å². The van der Waals surface area contributed by atoms with E-state index in [4.69, 9.17) is 4.98 Å². The molecule has 0 atom stereocenters. The van der Waals surface area contributed by atoms with Gasteiger partial charge in [-0.25, -0.2) is 4.98 Å². The first-order valence-corrected chi connectivity index (χ1v) is 12.9. The minimum atomic E-state index is -0.455. The average molecular weight is 506 g/mol. The van der Waals surface area contributed by atoms with E-state index in [2.05, 4.69) is 15.6 Å². The maximum absolute atomic E-state index is 13.1. The number of aromatic amines is 1. The predicted molar refractivity (Wildman–Crippen MR) is 148 cm³/mol. The Morgan fingerprint density at radius 3 is 2.47 bits per heavy atom. The maximum atomic E-state index is 13.1. The van der Waals surface area contributed by atoms with Crippen molar-refractivity contribution in [3.63, 3.8) is 0 Å². The Balaban J connectivity index is 1.34. The molecule has 1 aliphatic heterocycles. The highest BCUT2D eigenvalue weighted by Gasteiger charge is 2.30. The van der Waals surface area contributed by atoms with E-state index in [0.29, 0.717) is 28.4 Å². The SMILES string of the molecule is O=C1Nc2ccc([N+](=O)[O-])cc2C1=C(Nc1ccc(-c2c[nH]c(C3CCCCC3)n2)cc1)c1ccccc1. The molecule has 4 aromatic rings. The summed E-state index contributed by atoms with van der Waals surface area (Å²) in [7, 11) is 0. The lowest BCUT2D eigenvalue weighted by atomic mass is 9.89. The number of anilines is 2. The summed E-state index contributed by atoms with van der Waals surface area (Å²) < 4.78 is 0. The van der Waals surface area contributed by atoms with Gasteiger partial charge in [-0.2, -0.15) is 0 Å². The van der Waals surface area contributed by atoms with Crippen molar-refractivity contribution in [2.24, 2.45) is 0 Å². The molecule has 0 saturated heterocycles. The van der Waals surface area contributed by atoms with Crippen LogP contribution in [-0.4, -0.2) is 20.8 Å². The van der Waals surface area contributed by atoms with Gasteiger partial charge >= 0.3 is 0 Å². The summed E-state index contributed by atoms with van der Waals surface area (Å²) in [5, 5.41) is 17.7. The molecule has 0 unspecified atom stereocenters. The minimum Gasteiger partial charge on any atom is -0.354 e. The van der Waals surface area contributed by atoms with Crippen LogP contribution in [0.4, 0.5) is 17.1 Å². The molecule has 1 amide bonds. The number of rotatable bonds is 6. The molecule has 1 aromatic heterocycles. The van der Waals surface area contributed by atoms with Crippen molar-refractivity contribution < 1.29 is 9.72 Å². The van der Waals surface area contributed by atoms with Gasteiger partial charge in [0, 0.05) is 46.7 Å². The number of hydrogen-bond donors (Lipinski definition) is 3. The third-order valence-electron chi connectivity index (χ3n) is 7.31. The number of hydrogen-bond acceptors (Lipinski definition) is 5. The van der Waals surface area contributed by atoms with E-state index in [1.54, 1.807) is 6.07 Å². The van der Waals surface area contributed by atoms with Crippen LogP contribution in [-0.2, 0) is 4.79 Å². The Morgan fingerprint density at radius 1 is 0.974 bits per heavy atom. The van der Waals surface area contributed by atoms with Crippen molar-refractivity contribution in [1.82, 2.24) is 9.97 Å². The zero-order chi connectivity index (χ0) is 26.1. The number of carbonyl (C=O) groups is 1. The number of amides is 1. The number of carbonyl (C=O) groups excluding carboxylic acids is 1. The zero-order valence-corrected chi connectivity index (χ0v) is 20.7. The fourth-order valence-corrected chi connectivity index (χ4v) is 5.34. The van der Waals surface area contributed by atoms with Crippen LogP contribution in [0.1, 0.15) is 55.0 Å². The lowest BCUT2D eigenvalue weighted by Crippen LogP contribution is -2.10. The Kier molecular flexibility index (Phi) is 6.21. The fraction of sp³-hybridized carbons (Fsp3) is 0.200. The Morgan fingerprint density at radius 2 is 1.74 bits per heavy atom. The number of non-ortho nitro benzene ring substituents is 1. The van der Waals surface area contributed by atoms with Crippen LogP contribution in [0.25, 0.3) is 22.5 Å². The number of benzene rings is 3. The van der Waals surface area contributed by atoms with Gasteiger partial charge in [0.2, 0.25) is 0 Å². The Hall–Kier alpha value is -4.72. The molecule has 8 nitrogen and oxygen atoms in total. The first kappa shape index (κ1) is 23.7. The van der Waals surface area contributed by atoms with Crippen molar-refractivity contribution in [2.75, 3.05) is 10.6 Å². The first-order valence-electron chi connectivity index (χ1n) is 12.9. The Labute approximate surface area is 220 Å². The summed E-state index contributed by atoms with van der Waals surface area (Å²) in [6.07, 6.45) is 8.17. The van der Waals surface area contributed by atoms with Crippen LogP contribution < -0.4 is 10.6 Å². The molecule has 3 aromatic carbocycles. The third-order valence-corrected chi connectivity index (χ3v) is 7.31. The van der Waals surface area contributed by atoms with Gasteiger partial charge in [0.15, 0.2) is 0 Å².